The summed E-state index contributed by atoms with van der Waals surface area (Å²) in [6.45, 7) is 5.78. The van der Waals surface area contributed by atoms with Gasteiger partial charge in [0.05, 0.1) is 5.69 Å². The monoisotopic (exact) mass is 214 g/mol. The van der Waals surface area contributed by atoms with Crippen molar-refractivity contribution in [1.29, 1.82) is 0 Å². The van der Waals surface area contributed by atoms with Gasteiger partial charge in [0.1, 0.15) is 5.56 Å². The number of hydrogen-bond acceptors (Lipinski definition) is 3. The van der Waals surface area contributed by atoms with Crippen molar-refractivity contribution in [2.75, 3.05) is 0 Å². The van der Waals surface area contributed by atoms with Crippen LogP contribution in [0.3, 0.4) is 0 Å². The van der Waals surface area contributed by atoms with Crippen LogP contribution in [0.15, 0.2) is 10.9 Å². The van der Waals surface area contributed by atoms with Crippen LogP contribution in [-0.4, -0.2) is 15.4 Å². The van der Waals surface area contributed by atoms with Crippen LogP contribution in [0.2, 0.25) is 0 Å². The van der Waals surface area contributed by atoms with E-state index in [4.69, 9.17) is 11.6 Å². The number of rotatable bonds is 1. The Bertz CT molecular complexity index is 418. The second-order valence-electron chi connectivity index (χ2n) is 4.02. The molecule has 0 aliphatic rings. The number of nitrogens with zero attached hydrogens (tertiary/aromatic N) is 1. The van der Waals surface area contributed by atoms with Crippen LogP contribution in [0.5, 0.6) is 0 Å². The Morgan fingerprint density at radius 3 is 2.50 bits per heavy atom. The minimum absolute atomic E-state index is 0.0633. The molecule has 0 aliphatic carbocycles. The lowest BCUT2D eigenvalue weighted by Crippen LogP contribution is -2.23. The van der Waals surface area contributed by atoms with E-state index in [9.17, 15) is 9.59 Å². The zero-order chi connectivity index (χ0) is 10.9. The third-order valence-corrected chi connectivity index (χ3v) is 1.99. The summed E-state index contributed by atoms with van der Waals surface area (Å²) in [7, 11) is 0. The number of halogens is 1. The largest absolute Gasteiger partial charge is 0.276 e. The molecule has 1 N–H and O–H groups in total. The normalized spacial score (nSPS) is 11.4. The summed E-state index contributed by atoms with van der Waals surface area (Å²) < 4.78 is 0. The molecule has 0 amide bonds. The molecule has 76 valence electrons. The number of aromatic amines is 1. The lowest BCUT2D eigenvalue weighted by Gasteiger charge is -2.16. The molecule has 4 nitrogen and oxygen atoms in total. The van der Waals surface area contributed by atoms with Gasteiger partial charge in [-0.05, 0) is 17.7 Å². The second kappa shape index (κ2) is 3.53. The van der Waals surface area contributed by atoms with E-state index >= 15 is 0 Å². The predicted molar refractivity (Wildman–Crippen MR) is 53.7 cm³/mol. The summed E-state index contributed by atoms with van der Waals surface area (Å²) in [5.74, 6) is 0. The van der Waals surface area contributed by atoms with Crippen LogP contribution in [0.25, 0.3) is 0 Å². The van der Waals surface area contributed by atoms with Crippen molar-refractivity contribution in [2.45, 2.75) is 26.2 Å². The van der Waals surface area contributed by atoms with Crippen LogP contribution in [-0.2, 0) is 5.41 Å². The van der Waals surface area contributed by atoms with Crippen molar-refractivity contribution in [3.63, 3.8) is 0 Å². The van der Waals surface area contributed by atoms with Gasteiger partial charge in [-0.25, -0.2) is 5.10 Å². The molecule has 0 aliphatic heterocycles. The van der Waals surface area contributed by atoms with Crippen molar-refractivity contribution >= 4 is 16.8 Å². The molecule has 0 saturated heterocycles. The highest BCUT2D eigenvalue weighted by atomic mass is 35.5. The van der Waals surface area contributed by atoms with Gasteiger partial charge in [0.2, 0.25) is 0 Å². The summed E-state index contributed by atoms with van der Waals surface area (Å²) in [5, 5.41) is 5.33. The zero-order valence-corrected chi connectivity index (χ0v) is 8.97. The number of carbonyl (C=O) groups is 1. The van der Waals surface area contributed by atoms with E-state index in [1.807, 2.05) is 20.8 Å². The average molecular weight is 215 g/mol. The first-order valence-corrected chi connectivity index (χ1v) is 4.50. The molecule has 0 aromatic carbocycles. The molecule has 0 fully saturated rings. The molecule has 1 aromatic rings. The summed E-state index contributed by atoms with van der Waals surface area (Å²) in [5.41, 5.74) is -0.226. The van der Waals surface area contributed by atoms with Crippen molar-refractivity contribution < 1.29 is 4.79 Å². The molecule has 1 aromatic heterocycles. The second-order valence-corrected chi connectivity index (χ2v) is 4.36. The fourth-order valence-corrected chi connectivity index (χ4v) is 1.08. The molecular formula is C9H11ClN2O2. The summed E-state index contributed by atoms with van der Waals surface area (Å²) in [6, 6.07) is 1.42. The minimum atomic E-state index is -0.765. The van der Waals surface area contributed by atoms with Crippen molar-refractivity contribution in [2.24, 2.45) is 0 Å². The first-order chi connectivity index (χ1) is 6.32. The first-order valence-electron chi connectivity index (χ1n) is 4.12. The highest BCUT2D eigenvalue weighted by molar-refractivity contribution is 6.67. The fourth-order valence-electron chi connectivity index (χ4n) is 0.936. The lowest BCUT2D eigenvalue weighted by atomic mass is 9.91. The zero-order valence-electron chi connectivity index (χ0n) is 8.22. The van der Waals surface area contributed by atoms with E-state index in [0.29, 0.717) is 5.69 Å². The van der Waals surface area contributed by atoms with Gasteiger partial charge in [-0.2, -0.15) is 5.10 Å². The standard InChI is InChI=1S/C9H11ClN2O2/c1-9(2,3)6-4-5(7(10)13)8(14)12-11-6/h4H,1-3H3,(H,12,14). The van der Waals surface area contributed by atoms with Gasteiger partial charge in [0, 0.05) is 5.41 Å². The summed E-state index contributed by atoms with van der Waals surface area (Å²) in [6.07, 6.45) is 0. The molecule has 1 heterocycles. The molecule has 0 saturated carbocycles. The molecule has 0 atom stereocenters. The van der Waals surface area contributed by atoms with E-state index in [0.717, 1.165) is 0 Å². The Hall–Kier alpha value is -1.16. The smallest absolute Gasteiger partial charge is 0.275 e. The number of aromatic nitrogens is 2. The Kier molecular flexibility index (Phi) is 2.76. The summed E-state index contributed by atoms with van der Waals surface area (Å²) in [4.78, 5) is 22.0. The molecule has 1 rings (SSSR count). The van der Waals surface area contributed by atoms with Crippen LogP contribution in [0, 0.1) is 0 Å². The van der Waals surface area contributed by atoms with Crippen molar-refractivity contribution in [3.8, 4) is 0 Å². The molecule has 0 bridgehead atoms. The van der Waals surface area contributed by atoms with Crippen LogP contribution in [0.4, 0.5) is 0 Å². The van der Waals surface area contributed by atoms with Crippen molar-refractivity contribution in [3.05, 3.63) is 27.7 Å². The van der Waals surface area contributed by atoms with E-state index < -0.39 is 10.8 Å². The van der Waals surface area contributed by atoms with E-state index in [1.165, 1.54) is 6.07 Å². The topological polar surface area (TPSA) is 62.8 Å². The Morgan fingerprint density at radius 1 is 1.50 bits per heavy atom. The number of carbonyl (C=O) groups excluding carboxylic acids is 1. The average Bonchev–Trinajstić information content (AvgIpc) is 2.02. The third-order valence-electron chi connectivity index (χ3n) is 1.78. The Labute approximate surface area is 86.3 Å². The first kappa shape index (κ1) is 10.9. The van der Waals surface area contributed by atoms with Crippen molar-refractivity contribution in [1.82, 2.24) is 10.2 Å². The summed E-state index contributed by atoms with van der Waals surface area (Å²) >= 11 is 5.24. The van der Waals surface area contributed by atoms with Gasteiger partial charge >= 0.3 is 0 Å². The van der Waals surface area contributed by atoms with E-state index in [-0.39, 0.29) is 11.0 Å². The minimum Gasteiger partial charge on any atom is -0.275 e. The van der Waals surface area contributed by atoms with Crippen LogP contribution in [0.1, 0.15) is 36.8 Å². The Balaban J connectivity index is 3.34. The van der Waals surface area contributed by atoms with Gasteiger partial charge < -0.3 is 0 Å². The quantitative estimate of drug-likeness (QED) is 0.720. The molecule has 5 heteroatoms. The Morgan fingerprint density at radius 2 is 2.07 bits per heavy atom. The number of nitrogens with one attached hydrogen (secondary N) is 1. The molecule has 0 unspecified atom stereocenters. The van der Waals surface area contributed by atoms with E-state index in [1.54, 1.807) is 0 Å². The maximum atomic E-state index is 11.1. The number of H-pyrrole nitrogens is 1. The molecule has 14 heavy (non-hydrogen) atoms. The maximum absolute atomic E-state index is 11.1. The van der Waals surface area contributed by atoms with Gasteiger partial charge in [-0.15, -0.1) is 0 Å². The van der Waals surface area contributed by atoms with Gasteiger partial charge in [-0.3, -0.25) is 9.59 Å². The van der Waals surface area contributed by atoms with Crippen LogP contribution < -0.4 is 5.56 Å². The molecule has 0 radical (unpaired) electrons. The maximum Gasteiger partial charge on any atom is 0.276 e. The highest BCUT2D eigenvalue weighted by Gasteiger charge is 2.19. The van der Waals surface area contributed by atoms with Gasteiger partial charge in [-0.1, -0.05) is 20.8 Å². The predicted octanol–water partition coefficient (Wildman–Crippen LogP) is 1.45. The van der Waals surface area contributed by atoms with Crippen LogP contribution >= 0.6 is 11.6 Å². The van der Waals surface area contributed by atoms with Gasteiger partial charge in [0.25, 0.3) is 10.8 Å². The van der Waals surface area contributed by atoms with E-state index in [2.05, 4.69) is 10.2 Å². The molecular weight excluding hydrogens is 204 g/mol. The SMILES string of the molecule is CC(C)(C)c1cc(C(=O)Cl)c(=O)[nH]n1. The molecule has 0 spiro atoms. The highest BCUT2D eigenvalue weighted by Crippen LogP contribution is 2.19. The number of hydrogen-bond donors (Lipinski definition) is 1. The fraction of sp³-hybridized carbons (Fsp3) is 0.444. The lowest BCUT2D eigenvalue weighted by molar-refractivity contribution is 0.107. The van der Waals surface area contributed by atoms with Gasteiger partial charge in [0.15, 0.2) is 0 Å². The third kappa shape index (κ3) is 2.20.